The quantitative estimate of drug-likeness (QED) is 0.531. The summed E-state index contributed by atoms with van der Waals surface area (Å²) in [5, 5.41) is 3.07. The molecule has 3 aromatic heterocycles. The Morgan fingerprint density at radius 1 is 1.13 bits per heavy atom. The lowest BCUT2D eigenvalue weighted by Gasteiger charge is -2.35. The van der Waals surface area contributed by atoms with Crippen LogP contribution >= 0.6 is 11.3 Å². The normalized spacial score (nSPS) is 17.7. The van der Waals surface area contributed by atoms with Crippen molar-refractivity contribution in [3.8, 4) is 11.5 Å². The highest BCUT2D eigenvalue weighted by molar-refractivity contribution is 7.12. The Balaban J connectivity index is 1.48. The van der Waals surface area contributed by atoms with Crippen LogP contribution in [0.1, 0.15) is 32.7 Å². The lowest BCUT2D eigenvalue weighted by molar-refractivity contribution is 0.0685. The molecule has 7 heteroatoms. The predicted molar refractivity (Wildman–Crippen MR) is 114 cm³/mol. The number of fused-ring (bicyclic) bond motifs is 4. The van der Waals surface area contributed by atoms with Crippen LogP contribution in [0.3, 0.4) is 0 Å². The molecular formula is C23H19N3O3S. The third kappa shape index (κ3) is 2.62. The maximum Gasteiger partial charge on any atom is 0.268 e. The molecule has 2 aliphatic rings. The molecule has 0 saturated carbocycles. The van der Waals surface area contributed by atoms with Crippen LogP contribution in [0, 0.1) is 0 Å². The van der Waals surface area contributed by atoms with Gasteiger partial charge in [-0.05, 0) is 30.2 Å². The van der Waals surface area contributed by atoms with Gasteiger partial charge in [0.05, 0.1) is 5.69 Å². The molecule has 5 heterocycles. The van der Waals surface area contributed by atoms with Crippen LogP contribution in [0.15, 0.2) is 54.0 Å². The maximum atomic E-state index is 13.7. The van der Waals surface area contributed by atoms with Crippen molar-refractivity contribution in [2.45, 2.75) is 12.5 Å². The molecule has 6 nitrogen and oxygen atoms in total. The molecule has 4 aromatic rings. The predicted octanol–water partition coefficient (Wildman–Crippen LogP) is 4.18. The highest BCUT2D eigenvalue weighted by Crippen LogP contribution is 2.43. The molecule has 0 aliphatic carbocycles. The molecule has 0 saturated heterocycles. The number of ether oxygens (including phenoxy) is 2. The van der Waals surface area contributed by atoms with Gasteiger partial charge in [-0.2, -0.15) is 0 Å². The van der Waals surface area contributed by atoms with E-state index in [1.54, 1.807) is 6.20 Å². The summed E-state index contributed by atoms with van der Waals surface area (Å²) in [5.74, 6) is 1.18. The van der Waals surface area contributed by atoms with E-state index in [0.29, 0.717) is 36.1 Å². The number of amides is 1. The summed E-state index contributed by atoms with van der Waals surface area (Å²) in [6, 6.07) is 13.9. The third-order valence-corrected chi connectivity index (χ3v) is 6.69. The Hall–Kier alpha value is -3.32. The Morgan fingerprint density at radius 3 is 2.90 bits per heavy atom. The fourth-order valence-electron chi connectivity index (χ4n) is 4.45. The lowest BCUT2D eigenvalue weighted by Crippen LogP contribution is -2.40. The highest BCUT2D eigenvalue weighted by atomic mass is 32.1. The average Bonchev–Trinajstić information content (AvgIpc) is 3.40. The number of carbonyl (C=O) groups excluding carboxylic acids is 1. The van der Waals surface area contributed by atoms with Gasteiger partial charge in [-0.3, -0.25) is 9.78 Å². The van der Waals surface area contributed by atoms with E-state index in [1.807, 2.05) is 34.5 Å². The van der Waals surface area contributed by atoms with Crippen LogP contribution in [0.4, 0.5) is 0 Å². The number of H-pyrrole nitrogens is 1. The van der Waals surface area contributed by atoms with Crippen LogP contribution in [0.25, 0.3) is 10.9 Å². The van der Waals surface area contributed by atoms with Crippen molar-refractivity contribution in [2.24, 2.45) is 0 Å². The van der Waals surface area contributed by atoms with E-state index in [9.17, 15) is 4.79 Å². The number of thiophene rings is 1. The Bertz CT molecular complexity index is 1250. The molecule has 1 amide bonds. The number of hydrogen-bond donors (Lipinski definition) is 1. The van der Waals surface area contributed by atoms with E-state index in [2.05, 4.69) is 28.2 Å². The first kappa shape index (κ1) is 17.5. The van der Waals surface area contributed by atoms with E-state index in [1.165, 1.54) is 22.3 Å². The number of aromatic amines is 1. The van der Waals surface area contributed by atoms with Crippen molar-refractivity contribution in [3.05, 3.63) is 75.9 Å². The fraction of sp³-hybridized carbons (Fsp3) is 0.217. The van der Waals surface area contributed by atoms with Crippen molar-refractivity contribution in [1.82, 2.24) is 14.9 Å². The van der Waals surface area contributed by atoms with Gasteiger partial charge in [0.25, 0.3) is 5.91 Å². The van der Waals surface area contributed by atoms with Crippen LogP contribution < -0.4 is 9.47 Å². The average molecular weight is 417 g/mol. The van der Waals surface area contributed by atoms with Crippen molar-refractivity contribution in [2.75, 3.05) is 19.8 Å². The molecule has 30 heavy (non-hydrogen) atoms. The molecule has 2 aliphatic heterocycles. The molecule has 1 aromatic carbocycles. The number of nitrogens with zero attached hydrogens (tertiary/aromatic N) is 2. The van der Waals surface area contributed by atoms with Crippen molar-refractivity contribution < 1.29 is 14.3 Å². The molecule has 0 radical (unpaired) electrons. The number of aromatic nitrogens is 2. The summed E-state index contributed by atoms with van der Waals surface area (Å²) in [6.45, 7) is 1.58. The first-order valence-corrected chi connectivity index (χ1v) is 10.9. The van der Waals surface area contributed by atoms with Gasteiger partial charge in [-0.15, -0.1) is 11.3 Å². The standard InChI is InChI=1S/C23H19N3O3S/c27-23(22-21-18(13-30-22)28-11-12-29-21)26-10-8-15-14-5-1-2-6-16(14)25-19(15)20(26)17-7-3-4-9-24-17/h1-7,9,13,20,25H,8,10-12H2/t20-/m0/s1. The Kier molecular flexibility index (Phi) is 4.02. The largest absolute Gasteiger partial charge is 0.485 e. The summed E-state index contributed by atoms with van der Waals surface area (Å²) in [7, 11) is 0. The third-order valence-electron chi connectivity index (χ3n) is 5.76. The van der Waals surface area contributed by atoms with Gasteiger partial charge >= 0.3 is 0 Å². The molecule has 0 spiro atoms. The minimum absolute atomic E-state index is 0.0493. The number of nitrogens with one attached hydrogen (secondary N) is 1. The molecule has 0 bridgehead atoms. The minimum Gasteiger partial charge on any atom is -0.485 e. The topological polar surface area (TPSA) is 67.5 Å². The van der Waals surface area contributed by atoms with Gasteiger partial charge < -0.3 is 19.4 Å². The number of benzene rings is 1. The molecule has 1 N–H and O–H groups in total. The summed E-state index contributed by atoms with van der Waals surface area (Å²) < 4.78 is 11.4. The Labute approximate surface area is 177 Å². The number of pyridine rings is 1. The molecule has 0 unspecified atom stereocenters. The lowest BCUT2D eigenvalue weighted by atomic mass is 9.94. The van der Waals surface area contributed by atoms with E-state index >= 15 is 0 Å². The van der Waals surface area contributed by atoms with Gasteiger partial charge in [-0.1, -0.05) is 24.3 Å². The van der Waals surface area contributed by atoms with Crippen LogP contribution in [0.2, 0.25) is 0 Å². The van der Waals surface area contributed by atoms with Gasteiger partial charge in [0, 0.05) is 34.7 Å². The molecule has 150 valence electrons. The van der Waals surface area contributed by atoms with Crippen LogP contribution in [-0.2, 0) is 6.42 Å². The van der Waals surface area contributed by atoms with Crippen LogP contribution in [0.5, 0.6) is 11.5 Å². The van der Waals surface area contributed by atoms with Gasteiger partial charge in [0.2, 0.25) is 0 Å². The van der Waals surface area contributed by atoms with Crippen LogP contribution in [-0.4, -0.2) is 40.5 Å². The summed E-state index contributed by atoms with van der Waals surface area (Å²) in [6.07, 6.45) is 2.57. The Morgan fingerprint density at radius 2 is 2.00 bits per heavy atom. The first-order chi connectivity index (χ1) is 14.8. The second-order valence-corrected chi connectivity index (χ2v) is 8.30. The zero-order valence-electron chi connectivity index (χ0n) is 16.1. The second kappa shape index (κ2) is 6.88. The number of hydrogen-bond acceptors (Lipinski definition) is 5. The zero-order chi connectivity index (χ0) is 20.1. The van der Waals surface area contributed by atoms with Gasteiger partial charge in [0.1, 0.15) is 24.1 Å². The van der Waals surface area contributed by atoms with E-state index in [0.717, 1.165) is 23.3 Å². The van der Waals surface area contributed by atoms with Crippen molar-refractivity contribution >= 4 is 28.1 Å². The fourth-order valence-corrected chi connectivity index (χ4v) is 5.33. The number of para-hydroxylation sites is 1. The van der Waals surface area contributed by atoms with Crippen molar-refractivity contribution in [1.29, 1.82) is 0 Å². The summed E-state index contributed by atoms with van der Waals surface area (Å²) >= 11 is 1.38. The molecular weight excluding hydrogens is 398 g/mol. The first-order valence-electron chi connectivity index (χ1n) is 9.99. The SMILES string of the molecule is O=C(c1scc2c1OCCO2)N1CCc2c([nH]c3ccccc23)[C@@H]1c1ccccn1. The molecule has 0 fully saturated rings. The minimum atomic E-state index is -0.280. The number of rotatable bonds is 2. The summed E-state index contributed by atoms with van der Waals surface area (Å²) in [5.41, 5.74) is 4.24. The number of carbonyl (C=O) groups is 1. The van der Waals surface area contributed by atoms with E-state index < -0.39 is 0 Å². The van der Waals surface area contributed by atoms with Gasteiger partial charge in [0.15, 0.2) is 11.5 Å². The van der Waals surface area contributed by atoms with Crippen molar-refractivity contribution in [3.63, 3.8) is 0 Å². The zero-order valence-corrected chi connectivity index (χ0v) is 16.9. The smallest absolute Gasteiger partial charge is 0.268 e. The highest BCUT2D eigenvalue weighted by Gasteiger charge is 2.38. The van der Waals surface area contributed by atoms with E-state index in [4.69, 9.17) is 9.47 Å². The van der Waals surface area contributed by atoms with E-state index in [-0.39, 0.29) is 11.9 Å². The molecule has 1 atom stereocenters. The summed E-state index contributed by atoms with van der Waals surface area (Å²) in [4.78, 5) is 24.4. The molecule has 6 rings (SSSR count). The van der Waals surface area contributed by atoms with Gasteiger partial charge in [-0.25, -0.2) is 0 Å². The second-order valence-electron chi connectivity index (χ2n) is 7.42. The maximum absolute atomic E-state index is 13.7. The monoisotopic (exact) mass is 417 g/mol.